The first-order chi connectivity index (χ1) is 9.22. The van der Waals surface area contributed by atoms with Crippen molar-refractivity contribution < 1.29 is 0 Å². The molecule has 0 aliphatic heterocycles. The predicted octanol–water partition coefficient (Wildman–Crippen LogP) is 3.06. The van der Waals surface area contributed by atoms with Crippen LogP contribution in [-0.2, 0) is 0 Å². The van der Waals surface area contributed by atoms with Gasteiger partial charge in [-0.2, -0.15) is 4.98 Å². The fourth-order valence-electron chi connectivity index (χ4n) is 1.83. The monoisotopic (exact) mass is 317 g/mol. The van der Waals surface area contributed by atoms with Gasteiger partial charge in [0.2, 0.25) is 5.95 Å². The Balaban J connectivity index is 1.85. The lowest BCUT2D eigenvalue weighted by molar-refractivity contribution is 0.846. The topological polar surface area (TPSA) is 55.1 Å². The Labute approximate surface area is 118 Å². The summed E-state index contributed by atoms with van der Waals surface area (Å²) in [6.45, 7) is 2.05. The highest BCUT2D eigenvalue weighted by atomic mass is 79.9. The van der Waals surface area contributed by atoms with E-state index in [4.69, 9.17) is 0 Å². The van der Waals surface area contributed by atoms with Crippen LogP contribution in [0.2, 0.25) is 0 Å². The molecule has 0 radical (unpaired) electrons. The zero-order valence-corrected chi connectivity index (χ0v) is 11.9. The van der Waals surface area contributed by atoms with Gasteiger partial charge in [0.05, 0.1) is 6.04 Å². The fourth-order valence-corrected chi connectivity index (χ4v) is 2.15. The minimum Gasteiger partial charge on any atom is -0.346 e. The highest BCUT2D eigenvalue weighted by Crippen LogP contribution is 2.17. The lowest BCUT2D eigenvalue weighted by Gasteiger charge is -2.11. The molecule has 1 unspecified atom stereocenters. The molecule has 3 aromatic heterocycles. The molecule has 3 aromatic rings. The first kappa shape index (κ1) is 12.1. The first-order valence-corrected chi connectivity index (χ1v) is 6.70. The number of pyridine rings is 2. The van der Waals surface area contributed by atoms with Crippen LogP contribution < -0.4 is 5.32 Å². The van der Waals surface area contributed by atoms with Gasteiger partial charge in [-0.05, 0) is 46.6 Å². The molecule has 0 amide bonds. The van der Waals surface area contributed by atoms with E-state index in [0.717, 1.165) is 15.7 Å². The number of rotatable bonds is 3. The Hall–Kier alpha value is -1.95. The van der Waals surface area contributed by atoms with Crippen LogP contribution in [0.25, 0.3) is 5.65 Å². The number of aromatic nitrogens is 4. The molecule has 0 bridgehead atoms. The van der Waals surface area contributed by atoms with E-state index in [1.807, 2.05) is 36.7 Å². The third-order valence-electron chi connectivity index (χ3n) is 2.82. The van der Waals surface area contributed by atoms with E-state index in [1.54, 1.807) is 10.7 Å². The Kier molecular flexibility index (Phi) is 3.16. The molecule has 96 valence electrons. The summed E-state index contributed by atoms with van der Waals surface area (Å²) >= 11 is 3.41. The largest absolute Gasteiger partial charge is 0.346 e. The number of hydrogen-bond acceptors (Lipinski definition) is 4. The molecule has 0 aromatic carbocycles. The van der Waals surface area contributed by atoms with Crippen LogP contribution in [0.4, 0.5) is 5.95 Å². The summed E-state index contributed by atoms with van der Waals surface area (Å²) < 4.78 is 2.71. The molecule has 0 aliphatic rings. The number of nitrogens with one attached hydrogen (secondary N) is 1. The molecule has 0 fully saturated rings. The second-order valence-electron chi connectivity index (χ2n) is 4.24. The number of halogens is 1. The predicted molar refractivity (Wildman–Crippen MR) is 77.0 cm³/mol. The van der Waals surface area contributed by atoms with Crippen molar-refractivity contribution >= 4 is 27.5 Å². The van der Waals surface area contributed by atoms with Gasteiger partial charge in [-0.15, -0.1) is 5.10 Å². The summed E-state index contributed by atoms with van der Waals surface area (Å²) in [6, 6.07) is 7.91. The first-order valence-electron chi connectivity index (χ1n) is 5.91. The second kappa shape index (κ2) is 4.97. The van der Waals surface area contributed by atoms with Crippen LogP contribution >= 0.6 is 15.9 Å². The van der Waals surface area contributed by atoms with Crippen molar-refractivity contribution in [3.8, 4) is 0 Å². The van der Waals surface area contributed by atoms with Crippen LogP contribution in [0.5, 0.6) is 0 Å². The van der Waals surface area contributed by atoms with Crippen molar-refractivity contribution in [2.24, 2.45) is 0 Å². The van der Waals surface area contributed by atoms with Crippen LogP contribution in [0.15, 0.2) is 47.3 Å². The summed E-state index contributed by atoms with van der Waals surface area (Å²) in [5.41, 5.74) is 1.91. The summed E-state index contributed by atoms with van der Waals surface area (Å²) in [7, 11) is 0. The minimum absolute atomic E-state index is 0.106. The summed E-state index contributed by atoms with van der Waals surface area (Å²) in [5.74, 6) is 0.606. The van der Waals surface area contributed by atoms with Crippen molar-refractivity contribution in [2.75, 3.05) is 5.32 Å². The normalized spacial score (nSPS) is 12.5. The molecule has 1 atom stereocenters. The van der Waals surface area contributed by atoms with Crippen molar-refractivity contribution in [3.05, 3.63) is 52.9 Å². The maximum atomic E-state index is 4.42. The minimum atomic E-state index is 0.106. The molecule has 0 spiro atoms. The van der Waals surface area contributed by atoms with Gasteiger partial charge in [0.25, 0.3) is 0 Å². The van der Waals surface area contributed by atoms with Crippen molar-refractivity contribution in [1.29, 1.82) is 0 Å². The zero-order valence-electron chi connectivity index (χ0n) is 10.3. The van der Waals surface area contributed by atoms with E-state index in [9.17, 15) is 0 Å². The average Bonchev–Trinajstić information content (AvgIpc) is 2.81. The standard InChI is InChI=1S/C13H12BrN5/c1-9(10-3-2-6-15-7-10)16-13-17-12-5-4-11(14)8-19(12)18-13/h2-9H,1H3,(H,16,18). The Morgan fingerprint density at radius 3 is 3.00 bits per heavy atom. The molecule has 6 heteroatoms. The molecule has 0 saturated carbocycles. The highest BCUT2D eigenvalue weighted by molar-refractivity contribution is 9.10. The number of nitrogens with zero attached hydrogens (tertiary/aromatic N) is 4. The van der Waals surface area contributed by atoms with Crippen LogP contribution in [0, 0.1) is 0 Å². The molecule has 5 nitrogen and oxygen atoms in total. The van der Waals surface area contributed by atoms with Gasteiger partial charge in [0.15, 0.2) is 5.65 Å². The van der Waals surface area contributed by atoms with E-state index in [0.29, 0.717) is 5.95 Å². The molecule has 1 N–H and O–H groups in total. The van der Waals surface area contributed by atoms with E-state index in [2.05, 4.69) is 43.2 Å². The maximum Gasteiger partial charge on any atom is 0.243 e. The van der Waals surface area contributed by atoms with Crippen molar-refractivity contribution in [1.82, 2.24) is 19.6 Å². The summed E-state index contributed by atoms with van der Waals surface area (Å²) in [5, 5.41) is 7.65. The number of hydrogen-bond donors (Lipinski definition) is 1. The van der Waals surface area contributed by atoms with Gasteiger partial charge in [-0.25, -0.2) is 4.52 Å². The van der Waals surface area contributed by atoms with Crippen LogP contribution in [0.1, 0.15) is 18.5 Å². The summed E-state index contributed by atoms with van der Waals surface area (Å²) in [6.07, 6.45) is 5.48. The van der Waals surface area contributed by atoms with Gasteiger partial charge in [-0.3, -0.25) is 4.98 Å². The van der Waals surface area contributed by atoms with Gasteiger partial charge >= 0.3 is 0 Å². The third kappa shape index (κ3) is 2.58. The third-order valence-corrected chi connectivity index (χ3v) is 3.29. The second-order valence-corrected chi connectivity index (χ2v) is 5.15. The van der Waals surface area contributed by atoms with Crippen LogP contribution in [-0.4, -0.2) is 19.6 Å². The lowest BCUT2D eigenvalue weighted by atomic mass is 10.1. The van der Waals surface area contributed by atoms with E-state index >= 15 is 0 Å². The van der Waals surface area contributed by atoms with Crippen molar-refractivity contribution in [3.63, 3.8) is 0 Å². The smallest absolute Gasteiger partial charge is 0.243 e. The van der Waals surface area contributed by atoms with Gasteiger partial charge < -0.3 is 5.32 Å². The molecule has 3 rings (SSSR count). The van der Waals surface area contributed by atoms with Crippen molar-refractivity contribution in [2.45, 2.75) is 13.0 Å². The molecule has 3 heterocycles. The van der Waals surface area contributed by atoms with Gasteiger partial charge in [-0.1, -0.05) is 6.07 Å². The van der Waals surface area contributed by atoms with Gasteiger partial charge in [0, 0.05) is 23.1 Å². The lowest BCUT2D eigenvalue weighted by Crippen LogP contribution is -2.08. The Morgan fingerprint density at radius 1 is 1.32 bits per heavy atom. The summed E-state index contributed by atoms with van der Waals surface area (Å²) in [4.78, 5) is 8.53. The van der Waals surface area contributed by atoms with E-state index in [-0.39, 0.29) is 6.04 Å². The van der Waals surface area contributed by atoms with Gasteiger partial charge in [0.1, 0.15) is 0 Å². The zero-order chi connectivity index (χ0) is 13.2. The number of fused-ring (bicyclic) bond motifs is 1. The number of anilines is 1. The SMILES string of the molecule is CC(Nc1nc2ccc(Br)cn2n1)c1cccnc1. The molecular weight excluding hydrogens is 306 g/mol. The maximum absolute atomic E-state index is 4.42. The molecule has 19 heavy (non-hydrogen) atoms. The Morgan fingerprint density at radius 2 is 2.21 bits per heavy atom. The highest BCUT2D eigenvalue weighted by Gasteiger charge is 2.09. The average molecular weight is 318 g/mol. The van der Waals surface area contributed by atoms with E-state index < -0.39 is 0 Å². The molecular formula is C13H12BrN5. The van der Waals surface area contributed by atoms with E-state index in [1.165, 1.54) is 0 Å². The Bertz CT molecular complexity index is 695. The molecule has 0 saturated heterocycles. The molecule has 0 aliphatic carbocycles. The van der Waals surface area contributed by atoms with Crippen LogP contribution in [0.3, 0.4) is 0 Å². The quantitative estimate of drug-likeness (QED) is 0.806. The fraction of sp³-hybridized carbons (Fsp3) is 0.154.